The van der Waals surface area contributed by atoms with E-state index in [0.29, 0.717) is 22.6 Å². The molecule has 5 rings (SSSR count). The minimum absolute atomic E-state index is 0.0485. The lowest BCUT2D eigenvalue weighted by molar-refractivity contribution is 0.104. The van der Waals surface area contributed by atoms with Gasteiger partial charge in [-0.1, -0.05) is 50.2 Å². The highest BCUT2D eigenvalue weighted by Crippen LogP contribution is 2.45. The van der Waals surface area contributed by atoms with E-state index >= 15 is 0 Å². The molecule has 1 aromatic heterocycles. The number of hydrogen-bond acceptors (Lipinski definition) is 5. The van der Waals surface area contributed by atoms with Gasteiger partial charge in [0.05, 0.1) is 16.6 Å². The van der Waals surface area contributed by atoms with E-state index in [9.17, 15) is 4.79 Å². The number of fused-ring (bicyclic) bond motifs is 2. The van der Waals surface area contributed by atoms with Crippen LogP contribution < -0.4 is 10.6 Å². The third-order valence-corrected chi connectivity index (χ3v) is 5.53. The predicted octanol–water partition coefficient (Wildman–Crippen LogP) is 4.88. The number of rotatable bonds is 1. The summed E-state index contributed by atoms with van der Waals surface area (Å²) in [4.78, 5) is 15.3. The summed E-state index contributed by atoms with van der Waals surface area (Å²) in [5.41, 5.74) is 10.5. The van der Waals surface area contributed by atoms with Crippen molar-refractivity contribution in [3.63, 3.8) is 0 Å². The summed E-state index contributed by atoms with van der Waals surface area (Å²) in [6.45, 7) is 8.23. The Kier molecular flexibility index (Phi) is 4.38. The van der Waals surface area contributed by atoms with Crippen LogP contribution in [0.2, 0.25) is 0 Å². The summed E-state index contributed by atoms with van der Waals surface area (Å²) in [5, 5.41) is 5.10. The predicted molar refractivity (Wildman–Crippen MR) is 109 cm³/mol. The van der Waals surface area contributed by atoms with Gasteiger partial charge in [-0.05, 0) is 24.8 Å². The highest BCUT2D eigenvalue weighted by Gasteiger charge is 2.33. The molecule has 1 aliphatic carbocycles. The van der Waals surface area contributed by atoms with E-state index in [4.69, 9.17) is 10.3 Å². The fourth-order valence-electron chi connectivity index (χ4n) is 4.06. The second kappa shape index (κ2) is 6.72. The van der Waals surface area contributed by atoms with E-state index in [0.717, 1.165) is 54.0 Å². The molecule has 0 saturated carbocycles. The van der Waals surface area contributed by atoms with Gasteiger partial charge in [-0.25, -0.2) is 0 Å². The summed E-state index contributed by atoms with van der Waals surface area (Å²) in [5.74, 6) is 1.34. The van der Waals surface area contributed by atoms with Crippen LogP contribution in [0.3, 0.4) is 0 Å². The zero-order chi connectivity index (χ0) is 19.1. The first-order chi connectivity index (χ1) is 13.1. The zero-order valence-electron chi connectivity index (χ0n) is 16.1. The molecular weight excluding hydrogens is 338 g/mol. The summed E-state index contributed by atoms with van der Waals surface area (Å²) in [7, 11) is 0. The van der Waals surface area contributed by atoms with Gasteiger partial charge in [-0.2, -0.15) is 0 Å². The van der Waals surface area contributed by atoms with E-state index < -0.39 is 0 Å². The van der Waals surface area contributed by atoms with E-state index in [1.165, 1.54) is 0 Å². The van der Waals surface area contributed by atoms with Gasteiger partial charge in [0.2, 0.25) is 0 Å². The number of carbonyl (C=O) groups excluding carboxylic acids is 1. The number of nitrogen functional groups attached to an aromatic ring is 1. The molecule has 0 radical (unpaired) electrons. The fourth-order valence-corrected chi connectivity index (χ4v) is 4.06. The lowest BCUT2D eigenvalue weighted by Gasteiger charge is -2.32. The minimum atomic E-state index is -0.0485. The van der Waals surface area contributed by atoms with Gasteiger partial charge in [0.25, 0.3) is 0 Å². The molecule has 1 aliphatic heterocycles. The lowest BCUT2D eigenvalue weighted by Crippen LogP contribution is -2.33. The first-order valence-electron chi connectivity index (χ1n) is 9.76. The molecule has 2 aromatic carbocycles. The van der Waals surface area contributed by atoms with Gasteiger partial charge in [0.1, 0.15) is 5.52 Å². The van der Waals surface area contributed by atoms with Gasteiger partial charge < -0.3 is 15.2 Å². The molecule has 5 heteroatoms. The molecule has 0 spiro atoms. The second-order valence-electron chi connectivity index (χ2n) is 7.14. The SMILES string of the molecule is CC.CC1CCN(c2cc(N)c3c4c(onc24)-c2ccccc2C3=O)CC1. The first-order valence-corrected chi connectivity index (χ1v) is 9.76. The Morgan fingerprint density at radius 1 is 1.15 bits per heavy atom. The van der Waals surface area contributed by atoms with Crippen LogP contribution in [0.15, 0.2) is 34.9 Å². The maximum absolute atomic E-state index is 13.0. The number of carbonyl (C=O) groups is 1. The summed E-state index contributed by atoms with van der Waals surface area (Å²) in [6, 6.07) is 9.38. The molecule has 0 amide bonds. The Morgan fingerprint density at radius 2 is 1.81 bits per heavy atom. The highest BCUT2D eigenvalue weighted by atomic mass is 16.5. The maximum atomic E-state index is 13.0. The van der Waals surface area contributed by atoms with Crippen molar-refractivity contribution < 1.29 is 9.32 Å². The average Bonchev–Trinajstić information content (AvgIpc) is 3.14. The smallest absolute Gasteiger partial charge is 0.196 e. The van der Waals surface area contributed by atoms with Gasteiger partial charge >= 0.3 is 0 Å². The van der Waals surface area contributed by atoms with Crippen LogP contribution in [-0.4, -0.2) is 24.0 Å². The summed E-state index contributed by atoms with van der Waals surface area (Å²) >= 11 is 0. The van der Waals surface area contributed by atoms with Gasteiger partial charge in [0.15, 0.2) is 11.5 Å². The largest absolute Gasteiger partial charge is 0.398 e. The molecule has 2 N–H and O–H groups in total. The Labute approximate surface area is 159 Å². The molecule has 0 atom stereocenters. The van der Waals surface area contributed by atoms with E-state index in [1.807, 2.05) is 44.2 Å². The molecular formula is C22H25N3O2. The van der Waals surface area contributed by atoms with Crippen LogP contribution in [0.5, 0.6) is 0 Å². The normalized spacial score (nSPS) is 16.1. The van der Waals surface area contributed by atoms with Crippen LogP contribution in [-0.2, 0) is 0 Å². The van der Waals surface area contributed by atoms with E-state index in [2.05, 4.69) is 17.0 Å². The Bertz CT molecular complexity index is 1010. The molecule has 1 fully saturated rings. The van der Waals surface area contributed by atoms with E-state index in [-0.39, 0.29) is 5.78 Å². The number of nitrogens with two attached hydrogens (primary N) is 1. The van der Waals surface area contributed by atoms with Crippen LogP contribution in [0.4, 0.5) is 11.4 Å². The standard InChI is InChI=1S/C20H19N3O2.C2H6/c1-11-6-8-23(9-7-11)15-10-14(21)16-17-18(15)22-25-20(17)13-5-3-2-4-12(13)19(16)24;1-2/h2-5,10-11H,6-9,21H2,1H3;1-2H3. The van der Waals surface area contributed by atoms with Gasteiger partial charge in [0, 0.05) is 29.9 Å². The highest BCUT2D eigenvalue weighted by molar-refractivity contribution is 6.28. The number of piperidine rings is 1. The molecule has 0 bridgehead atoms. The molecule has 27 heavy (non-hydrogen) atoms. The van der Waals surface area contributed by atoms with Crippen molar-refractivity contribution in [2.24, 2.45) is 5.92 Å². The van der Waals surface area contributed by atoms with E-state index in [1.54, 1.807) is 0 Å². The summed E-state index contributed by atoms with van der Waals surface area (Å²) in [6.07, 6.45) is 2.30. The van der Waals surface area contributed by atoms with Gasteiger partial charge in [-0.15, -0.1) is 0 Å². The Hall–Kier alpha value is -2.82. The molecule has 0 unspecified atom stereocenters. The second-order valence-corrected chi connectivity index (χ2v) is 7.14. The fraction of sp³-hybridized carbons (Fsp3) is 0.364. The van der Waals surface area contributed by atoms with Gasteiger partial charge in [-0.3, -0.25) is 4.79 Å². The third-order valence-electron chi connectivity index (χ3n) is 5.53. The average molecular weight is 363 g/mol. The van der Waals surface area contributed by atoms with Crippen molar-refractivity contribution in [3.05, 3.63) is 41.5 Å². The topological polar surface area (TPSA) is 72.4 Å². The molecule has 2 heterocycles. The number of ketones is 1. The number of benzene rings is 2. The number of aromatic nitrogens is 1. The number of anilines is 2. The molecule has 5 nitrogen and oxygen atoms in total. The van der Waals surface area contributed by atoms with Crippen molar-refractivity contribution in [1.29, 1.82) is 0 Å². The van der Waals surface area contributed by atoms with Crippen LogP contribution in [0.25, 0.3) is 22.2 Å². The number of nitrogens with zero attached hydrogens (tertiary/aromatic N) is 2. The maximum Gasteiger partial charge on any atom is 0.196 e. The Balaban J connectivity index is 0.000000872. The minimum Gasteiger partial charge on any atom is -0.398 e. The van der Waals surface area contributed by atoms with Crippen molar-refractivity contribution in [3.8, 4) is 11.3 Å². The monoisotopic (exact) mass is 363 g/mol. The quantitative estimate of drug-likeness (QED) is 0.488. The van der Waals surface area contributed by atoms with Crippen LogP contribution in [0, 0.1) is 5.92 Å². The zero-order valence-corrected chi connectivity index (χ0v) is 16.1. The number of hydrogen-bond donors (Lipinski definition) is 1. The van der Waals surface area contributed by atoms with Crippen LogP contribution in [0.1, 0.15) is 49.5 Å². The third kappa shape index (κ3) is 2.60. The summed E-state index contributed by atoms with van der Waals surface area (Å²) < 4.78 is 5.69. The van der Waals surface area contributed by atoms with Crippen molar-refractivity contribution in [2.45, 2.75) is 33.6 Å². The molecule has 1 saturated heterocycles. The molecule has 3 aromatic rings. The molecule has 2 aliphatic rings. The van der Waals surface area contributed by atoms with Crippen molar-refractivity contribution >= 4 is 28.1 Å². The van der Waals surface area contributed by atoms with Crippen molar-refractivity contribution in [2.75, 3.05) is 23.7 Å². The van der Waals surface area contributed by atoms with Crippen molar-refractivity contribution in [1.82, 2.24) is 5.16 Å². The first kappa shape index (κ1) is 17.6. The Morgan fingerprint density at radius 3 is 2.52 bits per heavy atom. The molecule has 140 valence electrons. The van der Waals surface area contributed by atoms with Crippen LogP contribution >= 0.6 is 0 Å². The lowest BCUT2D eigenvalue weighted by atomic mass is 9.86.